The maximum absolute atomic E-state index is 15.5. The summed E-state index contributed by atoms with van der Waals surface area (Å²) < 4.78 is 84.4. The van der Waals surface area contributed by atoms with Gasteiger partial charge < -0.3 is 20.4 Å². The molecule has 2 aliphatic heterocycles. The fourth-order valence-electron chi connectivity index (χ4n) is 6.77. The van der Waals surface area contributed by atoms with E-state index in [2.05, 4.69) is 25.7 Å². The third-order valence-electron chi connectivity index (χ3n) is 9.08. The first-order valence-electron chi connectivity index (χ1n) is 15.0. The number of fused-ring (bicyclic) bond motifs is 2. The average Bonchev–Trinajstić information content (AvgIpc) is 3.42. The van der Waals surface area contributed by atoms with Gasteiger partial charge in [0.05, 0.1) is 23.0 Å². The van der Waals surface area contributed by atoms with Crippen molar-refractivity contribution in [3.63, 3.8) is 0 Å². The van der Waals surface area contributed by atoms with Crippen molar-refractivity contribution in [2.24, 2.45) is 17.8 Å². The van der Waals surface area contributed by atoms with E-state index in [9.17, 15) is 31.5 Å². The SMILES string of the molecule is Cc1cc(Nc2nccn3c(-c4cn(CC(F)F)nc4C(F)(F)F)cnc23)cc(F)c1C(=O)N1CCN(C(=O)[C@@H]2[C@@H]3CNC[C@@H]32)CC1. The number of anilines is 2. The third-order valence-corrected chi connectivity index (χ3v) is 9.08. The first-order chi connectivity index (χ1) is 22.4. The molecule has 2 N–H and O–H groups in total. The van der Waals surface area contributed by atoms with Crippen molar-refractivity contribution in [2.45, 2.75) is 26.1 Å². The minimum absolute atomic E-state index is 0.0569. The van der Waals surface area contributed by atoms with Crippen molar-refractivity contribution in [1.82, 2.24) is 39.3 Å². The zero-order valence-corrected chi connectivity index (χ0v) is 24.9. The number of nitrogens with zero attached hydrogens (tertiary/aromatic N) is 7. The second kappa shape index (κ2) is 11.5. The Kier molecular flexibility index (Phi) is 7.60. The molecule has 0 bridgehead atoms. The lowest BCUT2D eigenvalue weighted by molar-refractivity contribution is -0.141. The number of piperidine rings is 1. The van der Waals surface area contributed by atoms with Crippen LogP contribution in [0.4, 0.5) is 37.8 Å². The highest BCUT2D eigenvalue weighted by atomic mass is 19.4. The Hall–Kier alpha value is -4.67. The van der Waals surface area contributed by atoms with Gasteiger partial charge in [-0.2, -0.15) is 18.3 Å². The van der Waals surface area contributed by atoms with Gasteiger partial charge in [0, 0.05) is 56.4 Å². The Balaban J connectivity index is 1.08. The van der Waals surface area contributed by atoms with Gasteiger partial charge in [0.2, 0.25) is 5.91 Å². The number of amides is 2. The van der Waals surface area contributed by atoms with E-state index in [0.717, 1.165) is 31.5 Å². The molecule has 1 saturated carbocycles. The van der Waals surface area contributed by atoms with E-state index in [1.165, 1.54) is 21.7 Å². The molecule has 3 aliphatic rings. The molecular weight excluding hydrogens is 632 g/mol. The van der Waals surface area contributed by atoms with Gasteiger partial charge in [-0.25, -0.2) is 23.1 Å². The maximum atomic E-state index is 15.5. The zero-order chi connectivity index (χ0) is 33.2. The molecule has 17 heteroatoms. The highest BCUT2D eigenvalue weighted by molar-refractivity contribution is 5.97. The second-order valence-electron chi connectivity index (χ2n) is 12.0. The lowest BCUT2D eigenvalue weighted by atomic mass is 10.0. The smallest absolute Gasteiger partial charge is 0.339 e. The quantitative estimate of drug-likeness (QED) is 0.290. The van der Waals surface area contributed by atoms with Crippen molar-refractivity contribution < 1.29 is 35.9 Å². The number of carbonyl (C=O) groups excluding carboxylic acids is 2. The topological polar surface area (TPSA) is 113 Å². The maximum Gasteiger partial charge on any atom is 0.435 e. The number of aromatic nitrogens is 5. The lowest BCUT2D eigenvalue weighted by Crippen LogP contribution is -2.51. The second-order valence-corrected chi connectivity index (χ2v) is 12.0. The predicted molar refractivity (Wildman–Crippen MR) is 155 cm³/mol. The molecule has 3 fully saturated rings. The van der Waals surface area contributed by atoms with Crippen molar-refractivity contribution in [2.75, 3.05) is 44.6 Å². The molecule has 1 aromatic carbocycles. The average molecular weight is 662 g/mol. The summed E-state index contributed by atoms with van der Waals surface area (Å²) in [7, 11) is 0. The van der Waals surface area contributed by atoms with E-state index in [1.807, 2.05) is 0 Å². The summed E-state index contributed by atoms with van der Waals surface area (Å²) in [5.41, 5.74) is -1.35. The van der Waals surface area contributed by atoms with Gasteiger partial charge in [0.25, 0.3) is 12.3 Å². The summed E-state index contributed by atoms with van der Waals surface area (Å²) in [5.74, 6) is -0.221. The number of hydrogen-bond donors (Lipinski definition) is 2. The molecule has 0 unspecified atom stereocenters. The fraction of sp³-hybridized carbons (Fsp3) is 0.433. The number of benzene rings is 1. The molecule has 3 atom stereocenters. The minimum atomic E-state index is -4.92. The van der Waals surface area contributed by atoms with Crippen LogP contribution in [0, 0.1) is 30.5 Å². The van der Waals surface area contributed by atoms with Crippen LogP contribution in [0.1, 0.15) is 21.6 Å². The van der Waals surface area contributed by atoms with E-state index < -0.39 is 42.1 Å². The molecular formula is C30H29F6N9O2. The Labute approximate surface area is 263 Å². The number of rotatable bonds is 7. The number of carbonyl (C=O) groups is 2. The van der Waals surface area contributed by atoms with Crippen LogP contribution in [0.15, 0.2) is 36.9 Å². The fourth-order valence-corrected chi connectivity index (χ4v) is 6.77. The summed E-state index contributed by atoms with van der Waals surface area (Å²) in [6, 6.07) is 2.66. The number of imidazole rings is 1. The minimum Gasteiger partial charge on any atom is -0.339 e. The summed E-state index contributed by atoms with van der Waals surface area (Å²) in [5, 5.41) is 9.52. The Morgan fingerprint density at radius 1 is 1.06 bits per heavy atom. The molecule has 7 rings (SSSR count). The van der Waals surface area contributed by atoms with Gasteiger partial charge in [-0.1, -0.05) is 0 Å². The van der Waals surface area contributed by atoms with Crippen LogP contribution in [0.25, 0.3) is 16.9 Å². The molecule has 1 aliphatic carbocycles. The van der Waals surface area contributed by atoms with E-state index in [4.69, 9.17) is 0 Å². The summed E-state index contributed by atoms with van der Waals surface area (Å²) in [4.78, 5) is 38.0. The molecule has 248 valence electrons. The molecule has 4 aromatic rings. The monoisotopic (exact) mass is 661 g/mol. The van der Waals surface area contributed by atoms with Crippen LogP contribution < -0.4 is 10.6 Å². The van der Waals surface area contributed by atoms with Gasteiger partial charge in [-0.05, 0) is 49.5 Å². The van der Waals surface area contributed by atoms with Crippen LogP contribution in [0.5, 0.6) is 0 Å². The van der Waals surface area contributed by atoms with Gasteiger partial charge >= 0.3 is 6.18 Å². The van der Waals surface area contributed by atoms with Gasteiger partial charge in [-0.15, -0.1) is 0 Å². The predicted octanol–water partition coefficient (Wildman–Crippen LogP) is 3.82. The van der Waals surface area contributed by atoms with Crippen molar-refractivity contribution in [1.29, 1.82) is 0 Å². The summed E-state index contributed by atoms with van der Waals surface area (Å²) >= 11 is 0. The summed E-state index contributed by atoms with van der Waals surface area (Å²) in [6.45, 7) is 3.62. The van der Waals surface area contributed by atoms with E-state index in [1.54, 1.807) is 17.9 Å². The van der Waals surface area contributed by atoms with Crippen LogP contribution in [0.2, 0.25) is 0 Å². The van der Waals surface area contributed by atoms with Gasteiger partial charge in [-0.3, -0.25) is 18.7 Å². The Morgan fingerprint density at radius 2 is 1.77 bits per heavy atom. The molecule has 11 nitrogen and oxygen atoms in total. The first-order valence-corrected chi connectivity index (χ1v) is 15.0. The standard InChI is InChI=1S/C30H29F6N9O2/c1-15-8-16(9-20(31)23(15)28(46)42-4-6-43(7-5-42)29(47)24-17-10-37-11-18(17)24)40-26-27-39-12-21(45(27)3-2-38-26)19-13-44(14-22(32)33)41-25(19)30(34,35)36/h2-3,8-9,12-13,17-18,22,24,37H,4-7,10-11,14H2,1H3,(H,38,40)/t17-,18+,24-. The van der Waals surface area contributed by atoms with Crippen molar-refractivity contribution in [3.8, 4) is 11.3 Å². The molecule has 2 amide bonds. The van der Waals surface area contributed by atoms with Crippen LogP contribution in [0.3, 0.4) is 0 Å². The molecule has 3 aromatic heterocycles. The number of halogens is 6. The third kappa shape index (κ3) is 5.65. The number of aryl methyl sites for hydroxylation is 1. The number of nitrogens with one attached hydrogen (secondary N) is 2. The number of piperazine rings is 1. The van der Waals surface area contributed by atoms with Gasteiger partial charge in [0.15, 0.2) is 17.2 Å². The highest BCUT2D eigenvalue weighted by Crippen LogP contribution is 2.49. The Bertz CT molecular complexity index is 1830. The normalized spacial score (nSPS) is 21.1. The van der Waals surface area contributed by atoms with E-state index in [0.29, 0.717) is 35.2 Å². The Morgan fingerprint density at radius 3 is 2.43 bits per heavy atom. The molecule has 2 saturated heterocycles. The summed E-state index contributed by atoms with van der Waals surface area (Å²) in [6.07, 6.45) is -3.18. The van der Waals surface area contributed by atoms with E-state index >= 15 is 4.39 Å². The van der Waals surface area contributed by atoms with E-state index in [-0.39, 0.29) is 53.3 Å². The zero-order valence-electron chi connectivity index (χ0n) is 24.9. The van der Waals surface area contributed by atoms with Crippen molar-refractivity contribution >= 4 is 29.0 Å². The lowest BCUT2D eigenvalue weighted by Gasteiger charge is -2.35. The number of hydrogen-bond acceptors (Lipinski definition) is 7. The number of alkyl halides is 5. The van der Waals surface area contributed by atoms with Crippen LogP contribution >= 0.6 is 0 Å². The molecule has 47 heavy (non-hydrogen) atoms. The molecule has 5 heterocycles. The highest BCUT2D eigenvalue weighted by Gasteiger charge is 2.58. The molecule has 0 spiro atoms. The van der Waals surface area contributed by atoms with Gasteiger partial charge in [0.1, 0.15) is 12.4 Å². The van der Waals surface area contributed by atoms with Crippen LogP contribution in [-0.2, 0) is 17.5 Å². The molecule has 0 radical (unpaired) electrons. The van der Waals surface area contributed by atoms with Crippen LogP contribution in [-0.4, -0.2) is 91.5 Å². The van der Waals surface area contributed by atoms with Crippen molar-refractivity contribution in [3.05, 3.63) is 59.6 Å². The largest absolute Gasteiger partial charge is 0.435 e. The first kappa shape index (κ1) is 31.0.